The van der Waals surface area contributed by atoms with Gasteiger partial charge in [-0.2, -0.15) is 0 Å². The topological polar surface area (TPSA) is 42.0 Å². The summed E-state index contributed by atoms with van der Waals surface area (Å²) >= 11 is 5.87. The van der Waals surface area contributed by atoms with Crippen LogP contribution in [0.1, 0.15) is 30.1 Å². The molecule has 1 aromatic heterocycles. The summed E-state index contributed by atoms with van der Waals surface area (Å²) in [6, 6.07) is 1.96. The molecule has 4 heteroatoms. The molecular weight excluding hydrogens is 212 g/mol. The van der Waals surface area contributed by atoms with Crippen molar-refractivity contribution in [2.75, 3.05) is 0 Å². The Morgan fingerprint density at radius 2 is 2.33 bits per heavy atom. The third kappa shape index (κ3) is 2.29. The van der Waals surface area contributed by atoms with E-state index in [1.165, 1.54) is 6.20 Å². The van der Waals surface area contributed by atoms with Crippen molar-refractivity contribution in [2.45, 2.75) is 25.8 Å². The first-order valence-electron chi connectivity index (χ1n) is 5.07. The maximum absolute atomic E-state index is 11.8. The van der Waals surface area contributed by atoms with Gasteiger partial charge in [-0.15, -0.1) is 0 Å². The molecule has 0 bridgehead atoms. The minimum absolute atomic E-state index is 0.0979. The van der Waals surface area contributed by atoms with Crippen LogP contribution < -0.4 is 5.32 Å². The summed E-state index contributed by atoms with van der Waals surface area (Å²) in [6.45, 7) is 2.18. The minimum Gasteiger partial charge on any atom is -0.349 e. The van der Waals surface area contributed by atoms with Crippen molar-refractivity contribution in [1.82, 2.24) is 10.3 Å². The van der Waals surface area contributed by atoms with E-state index in [-0.39, 0.29) is 5.91 Å². The Hall–Kier alpha value is -1.09. The second-order valence-electron chi connectivity index (χ2n) is 4.10. The second-order valence-corrected chi connectivity index (χ2v) is 4.51. The molecule has 3 nitrogen and oxygen atoms in total. The number of carbonyl (C=O) groups is 1. The Labute approximate surface area is 93.8 Å². The van der Waals surface area contributed by atoms with Crippen LogP contribution in [-0.4, -0.2) is 16.9 Å². The normalized spacial score (nSPS) is 24.4. The Morgan fingerprint density at radius 3 is 2.93 bits per heavy atom. The second kappa shape index (κ2) is 4.19. The average molecular weight is 225 g/mol. The van der Waals surface area contributed by atoms with Crippen molar-refractivity contribution >= 4 is 17.5 Å². The predicted molar refractivity (Wildman–Crippen MR) is 58.9 cm³/mol. The monoisotopic (exact) mass is 224 g/mol. The van der Waals surface area contributed by atoms with E-state index in [1.807, 2.05) is 0 Å². The summed E-state index contributed by atoms with van der Waals surface area (Å²) in [5.74, 6) is 0.627. The van der Waals surface area contributed by atoms with E-state index in [4.69, 9.17) is 11.6 Å². The molecule has 15 heavy (non-hydrogen) atoms. The molecule has 0 atom stereocenters. The van der Waals surface area contributed by atoms with Crippen molar-refractivity contribution in [3.05, 3.63) is 29.0 Å². The number of rotatable bonds is 2. The maximum Gasteiger partial charge on any atom is 0.253 e. The SMILES string of the molecule is CC1CC(NC(=O)c2ccncc2Cl)C1. The minimum atomic E-state index is -0.0979. The van der Waals surface area contributed by atoms with Crippen LogP contribution in [-0.2, 0) is 0 Å². The summed E-state index contributed by atoms with van der Waals surface area (Å²) in [5, 5.41) is 3.36. The zero-order chi connectivity index (χ0) is 10.8. The molecule has 1 aliphatic rings. The van der Waals surface area contributed by atoms with Gasteiger partial charge in [0.15, 0.2) is 0 Å². The first-order valence-corrected chi connectivity index (χ1v) is 5.45. The molecule has 2 rings (SSSR count). The average Bonchev–Trinajstić information content (AvgIpc) is 2.16. The fourth-order valence-electron chi connectivity index (χ4n) is 1.84. The number of hydrogen-bond donors (Lipinski definition) is 1. The van der Waals surface area contributed by atoms with Crippen molar-refractivity contribution < 1.29 is 4.79 Å². The smallest absolute Gasteiger partial charge is 0.253 e. The van der Waals surface area contributed by atoms with Crippen LogP contribution in [0.4, 0.5) is 0 Å². The Balaban J connectivity index is 1.99. The Morgan fingerprint density at radius 1 is 1.60 bits per heavy atom. The van der Waals surface area contributed by atoms with E-state index in [2.05, 4.69) is 17.2 Å². The quantitative estimate of drug-likeness (QED) is 0.838. The highest BCUT2D eigenvalue weighted by Gasteiger charge is 2.27. The summed E-state index contributed by atoms with van der Waals surface area (Å²) in [7, 11) is 0. The number of hydrogen-bond acceptors (Lipinski definition) is 2. The molecule has 0 saturated heterocycles. The molecule has 0 unspecified atom stereocenters. The molecule has 1 N–H and O–H groups in total. The van der Waals surface area contributed by atoms with Gasteiger partial charge in [-0.1, -0.05) is 18.5 Å². The van der Waals surface area contributed by atoms with Crippen LogP contribution in [0.15, 0.2) is 18.5 Å². The van der Waals surface area contributed by atoms with Gasteiger partial charge in [0, 0.05) is 18.4 Å². The van der Waals surface area contributed by atoms with Crippen molar-refractivity contribution in [2.24, 2.45) is 5.92 Å². The highest BCUT2D eigenvalue weighted by Crippen LogP contribution is 2.26. The van der Waals surface area contributed by atoms with Crippen LogP contribution in [0, 0.1) is 5.92 Å². The number of amides is 1. The van der Waals surface area contributed by atoms with Gasteiger partial charge < -0.3 is 5.32 Å². The van der Waals surface area contributed by atoms with Crippen LogP contribution in [0.3, 0.4) is 0 Å². The van der Waals surface area contributed by atoms with Crippen LogP contribution in [0.2, 0.25) is 5.02 Å². The molecular formula is C11H13ClN2O. The molecule has 1 saturated carbocycles. The molecule has 1 heterocycles. The van der Waals surface area contributed by atoms with Crippen LogP contribution in [0.5, 0.6) is 0 Å². The van der Waals surface area contributed by atoms with E-state index in [1.54, 1.807) is 12.3 Å². The molecule has 1 aromatic rings. The molecule has 0 spiro atoms. The largest absolute Gasteiger partial charge is 0.349 e. The lowest BCUT2D eigenvalue weighted by molar-refractivity contribution is 0.0896. The lowest BCUT2D eigenvalue weighted by Crippen LogP contribution is -2.43. The number of pyridine rings is 1. The summed E-state index contributed by atoms with van der Waals surface area (Å²) in [6.07, 6.45) is 5.19. The van der Waals surface area contributed by atoms with Gasteiger partial charge in [-0.05, 0) is 24.8 Å². The number of aromatic nitrogens is 1. The number of nitrogens with one attached hydrogen (secondary N) is 1. The van der Waals surface area contributed by atoms with Crippen molar-refractivity contribution in [3.63, 3.8) is 0 Å². The molecule has 1 amide bonds. The zero-order valence-corrected chi connectivity index (χ0v) is 9.29. The van der Waals surface area contributed by atoms with Gasteiger partial charge in [0.1, 0.15) is 0 Å². The van der Waals surface area contributed by atoms with Crippen molar-refractivity contribution in [1.29, 1.82) is 0 Å². The predicted octanol–water partition coefficient (Wildman–Crippen LogP) is 2.26. The lowest BCUT2D eigenvalue weighted by atomic mass is 9.82. The summed E-state index contributed by atoms with van der Waals surface area (Å²) in [4.78, 5) is 15.6. The molecule has 1 aliphatic carbocycles. The Kier molecular flexibility index (Phi) is 2.91. The maximum atomic E-state index is 11.8. The van der Waals surface area contributed by atoms with Gasteiger partial charge in [0.2, 0.25) is 0 Å². The Bertz CT molecular complexity index is 375. The van der Waals surface area contributed by atoms with E-state index >= 15 is 0 Å². The lowest BCUT2D eigenvalue weighted by Gasteiger charge is -2.33. The number of halogens is 1. The van der Waals surface area contributed by atoms with Gasteiger partial charge >= 0.3 is 0 Å². The van der Waals surface area contributed by atoms with E-state index in [0.29, 0.717) is 16.6 Å². The highest BCUT2D eigenvalue weighted by molar-refractivity contribution is 6.33. The van der Waals surface area contributed by atoms with Crippen LogP contribution >= 0.6 is 11.6 Å². The molecule has 0 radical (unpaired) electrons. The highest BCUT2D eigenvalue weighted by atomic mass is 35.5. The molecule has 0 aliphatic heterocycles. The van der Waals surface area contributed by atoms with E-state index in [0.717, 1.165) is 18.8 Å². The molecule has 80 valence electrons. The third-order valence-corrected chi connectivity index (χ3v) is 3.03. The molecule has 0 aromatic carbocycles. The summed E-state index contributed by atoms with van der Waals surface area (Å²) < 4.78 is 0. The molecule has 1 fully saturated rings. The van der Waals surface area contributed by atoms with Gasteiger partial charge in [0.05, 0.1) is 10.6 Å². The zero-order valence-electron chi connectivity index (χ0n) is 8.53. The van der Waals surface area contributed by atoms with Crippen molar-refractivity contribution in [3.8, 4) is 0 Å². The first kappa shape index (κ1) is 10.4. The van der Waals surface area contributed by atoms with Crippen LogP contribution in [0.25, 0.3) is 0 Å². The summed E-state index contributed by atoms with van der Waals surface area (Å²) in [5.41, 5.74) is 0.506. The first-order chi connectivity index (χ1) is 7.16. The third-order valence-electron chi connectivity index (χ3n) is 2.73. The van der Waals surface area contributed by atoms with E-state index < -0.39 is 0 Å². The van der Waals surface area contributed by atoms with Gasteiger partial charge in [-0.25, -0.2) is 0 Å². The fourth-order valence-corrected chi connectivity index (χ4v) is 2.05. The van der Waals surface area contributed by atoms with E-state index in [9.17, 15) is 4.79 Å². The number of nitrogens with zero attached hydrogens (tertiary/aromatic N) is 1. The standard InChI is InChI=1S/C11H13ClN2O/c1-7-4-8(5-7)14-11(15)9-2-3-13-6-10(9)12/h2-3,6-8H,4-5H2,1H3,(H,14,15). The fraction of sp³-hybridized carbons (Fsp3) is 0.455. The number of carbonyl (C=O) groups excluding carboxylic acids is 1. The van der Waals surface area contributed by atoms with Gasteiger partial charge in [0.25, 0.3) is 5.91 Å². The van der Waals surface area contributed by atoms with Gasteiger partial charge in [-0.3, -0.25) is 9.78 Å².